The Morgan fingerprint density at radius 1 is 1.53 bits per heavy atom. The molecule has 0 saturated heterocycles. The van der Waals surface area contributed by atoms with Gasteiger partial charge in [-0.05, 0) is 44.0 Å². The van der Waals surface area contributed by atoms with Crippen LogP contribution in [0.2, 0.25) is 5.22 Å². The van der Waals surface area contributed by atoms with Crippen molar-refractivity contribution in [2.45, 2.75) is 33.2 Å². The van der Waals surface area contributed by atoms with Crippen LogP contribution in [0.3, 0.4) is 0 Å². The Hall–Kier alpha value is -0.960. The molecule has 0 radical (unpaired) electrons. The van der Waals surface area contributed by atoms with Crippen LogP contribution in [0.5, 0.6) is 0 Å². The van der Waals surface area contributed by atoms with Gasteiger partial charge in [-0.1, -0.05) is 6.92 Å². The van der Waals surface area contributed by atoms with Gasteiger partial charge in [0.15, 0.2) is 11.0 Å². The molecule has 1 rings (SSSR count). The van der Waals surface area contributed by atoms with Gasteiger partial charge in [-0.25, -0.2) is 0 Å². The van der Waals surface area contributed by atoms with Crippen LogP contribution in [0.1, 0.15) is 37.7 Å². The van der Waals surface area contributed by atoms with E-state index >= 15 is 0 Å². The van der Waals surface area contributed by atoms with Crippen molar-refractivity contribution >= 4 is 17.5 Å². The number of rotatable bonds is 4. The highest BCUT2D eigenvalue weighted by molar-refractivity contribution is 6.29. The first-order valence-corrected chi connectivity index (χ1v) is 5.50. The molecule has 0 aliphatic rings. The summed E-state index contributed by atoms with van der Waals surface area (Å²) in [6, 6.07) is 3.36. The first-order chi connectivity index (χ1) is 7.06. The smallest absolute Gasteiger partial charge is 0.289 e. The van der Waals surface area contributed by atoms with E-state index in [1.165, 1.54) is 0 Å². The highest BCUT2D eigenvalue weighted by atomic mass is 35.5. The van der Waals surface area contributed by atoms with Crippen LogP contribution >= 0.6 is 11.6 Å². The van der Waals surface area contributed by atoms with Gasteiger partial charge in [0.1, 0.15) is 0 Å². The summed E-state index contributed by atoms with van der Waals surface area (Å²) in [4.78, 5) is 13.7. The lowest BCUT2D eigenvalue weighted by Gasteiger charge is -2.25. The first-order valence-electron chi connectivity index (χ1n) is 5.12. The molecule has 1 aromatic rings. The second kappa shape index (κ2) is 5.21. The van der Waals surface area contributed by atoms with E-state index in [0.717, 1.165) is 13.0 Å². The Bertz CT molecular complexity index is 333. The van der Waals surface area contributed by atoms with Gasteiger partial charge in [-0.15, -0.1) is 0 Å². The predicted octanol–water partition coefficient (Wildman–Crippen LogP) is 3.19. The van der Waals surface area contributed by atoms with Crippen LogP contribution in [0.25, 0.3) is 0 Å². The summed E-state index contributed by atoms with van der Waals surface area (Å²) in [7, 11) is 0. The van der Waals surface area contributed by atoms with Gasteiger partial charge in [-0.2, -0.15) is 0 Å². The number of furan rings is 1. The Kier molecular flexibility index (Phi) is 4.21. The Balaban J connectivity index is 2.80. The van der Waals surface area contributed by atoms with Crippen LogP contribution in [0.15, 0.2) is 16.5 Å². The summed E-state index contributed by atoms with van der Waals surface area (Å²) < 4.78 is 5.10. The number of halogens is 1. The zero-order chi connectivity index (χ0) is 11.4. The van der Waals surface area contributed by atoms with E-state index in [1.807, 2.05) is 20.8 Å². The van der Waals surface area contributed by atoms with Crippen molar-refractivity contribution in [1.29, 1.82) is 0 Å². The molecule has 1 aromatic heterocycles. The largest absolute Gasteiger partial charge is 0.440 e. The summed E-state index contributed by atoms with van der Waals surface area (Å²) in [6.07, 6.45) is 0.929. The minimum Gasteiger partial charge on any atom is -0.440 e. The maximum atomic E-state index is 12.0. The number of hydrogen-bond acceptors (Lipinski definition) is 2. The summed E-state index contributed by atoms with van der Waals surface area (Å²) in [5.74, 6) is 0.209. The van der Waals surface area contributed by atoms with Crippen LogP contribution < -0.4 is 0 Å². The van der Waals surface area contributed by atoms with E-state index in [2.05, 4.69) is 0 Å². The molecule has 0 atom stereocenters. The minimum atomic E-state index is -0.0984. The molecule has 1 heterocycles. The number of hydrogen-bond donors (Lipinski definition) is 0. The fourth-order valence-corrected chi connectivity index (χ4v) is 1.55. The molecule has 0 unspecified atom stereocenters. The average molecular weight is 230 g/mol. The SMILES string of the molecule is CCCN(C(=O)c1ccc(Cl)o1)C(C)C. The van der Waals surface area contributed by atoms with Gasteiger partial charge < -0.3 is 9.32 Å². The van der Waals surface area contributed by atoms with Gasteiger partial charge in [0.2, 0.25) is 0 Å². The third kappa shape index (κ3) is 2.99. The van der Waals surface area contributed by atoms with Crippen LogP contribution in [-0.4, -0.2) is 23.4 Å². The maximum absolute atomic E-state index is 12.0. The van der Waals surface area contributed by atoms with E-state index in [1.54, 1.807) is 17.0 Å². The molecule has 15 heavy (non-hydrogen) atoms. The normalized spacial score (nSPS) is 10.7. The number of carbonyl (C=O) groups excluding carboxylic acids is 1. The summed E-state index contributed by atoms with van der Waals surface area (Å²) in [6.45, 7) is 6.74. The van der Waals surface area contributed by atoms with E-state index in [4.69, 9.17) is 16.0 Å². The molecule has 84 valence electrons. The van der Waals surface area contributed by atoms with Gasteiger partial charge in [0, 0.05) is 12.6 Å². The molecule has 0 saturated carbocycles. The molecule has 0 spiro atoms. The molecule has 0 fully saturated rings. The van der Waals surface area contributed by atoms with Crippen molar-refractivity contribution < 1.29 is 9.21 Å². The van der Waals surface area contributed by atoms with Crippen molar-refractivity contribution in [2.75, 3.05) is 6.54 Å². The van der Waals surface area contributed by atoms with Crippen molar-refractivity contribution in [3.63, 3.8) is 0 Å². The standard InChI is InChI=1S/C11H16ClNO2/c1-4-7-13(8(2)3)11(14)9-5-6-10(12)15-9/h5-6,8H,4,7H2,1-3H3. The lowest BCUT2D eigenvalue weighted by molar-refractivity contribution is 0.0673. The average Bonchev–Trinajstić information content (AvgIpc) is 2.59. The molecular formula is C11H16ClNO2. The van der Waals surface area contributed by atoms with Crippen molar-refractivity contribution in [1.82, 2.24) is 4.90 Å². The predicted molar refractivity (Wildman–Crippen MR) is 60.2 cm³/mol. The second-order valence-corrected chi connectivity index (χ2v) is 4.07. The molecule has 0 bridgehead atoms. The topological polar surface area (TPSA) is 33.5 Å². The molecule has 0 aliphatic carbocycles. The van der Waals surface area contributed by atoms with Crippen LogP contribution in [0, 0.1) is 0 Å². The number of amides is 1. The summed E-state index contributed by atoms with van der Waals surface area (Å²) in [5.41, 5.74) is 0. The van der Waals surface area contributed by atoms with Crippen molar-refractivity contribution in [3.8, 4) is 0 Å². The lowest BCUT2D eigenvalue weighted by atomic mass is 10.2. The third-order valence-electron chi connectivity index (χ3n) is 2.13. The number of nitrogens with zero attached hydrogens (tertiary/aromatic N) is 1. The Morgan fingerprint density at radius 3 is 2.60 bits per heavy atom. The Labute approximate surface area is 95.0 Å². The summed E-state index contributed by atoms with van der Waals surface area (Å²) >= 11 is 5.63. The lowest BCUT2D eigenvalue weighted by Crippen LogP contribution is -2.37. The second-order valence-electron chi connectivity index (χ2n) is 3.70. The van der Waals surface area contributed by atoms with Crippen LogP contribution in [0.4, 0.5) is 0 Å². The van der Waals surface area contributed by atoms with E-state index in [9.17, 15) is 4.79 Å². The van der Waals surface area contributed by atoms with Gasteiger partial charge in [-0.3, -0.25) is 4.79 Å². The minimum absolute atomic E-state index is 0.0984. The highest BCUT2D eigenvalue weighted by Crippen LogP contribution is 2.16. The van der Waals surface area contributed by atoms with E-state index in [-0.39, 0.29) is 17.2 Å². The molecule has 0 aliphatic heterocycles. The highest BCUT2D eigenvalue weighted by Gasteiger charge is 2.20. The first kappa shape index (κ1) is 12.1. The van der Waals surface area contributed by atoms with Gasteiger partial charge in [0.25, 0.3) is 5.91 Å². The quantitative estimate of drug-likeness (QED) is 0.795. The van der Waals surface area contributed by atoms with Gasteiger partial charge >= 0.3 is 0 Å². The summed E-state index contributed by atoms with van der Waals surface area (Å²) in [5, 5.41) is 0.249. The molecule has 0 aromatic carbocycles. The number of carbonyl (C=O) groups is 1. The van der Waals surface area contributed by atoms with E-state index < -0.39 is 0 Å². The molecule has 1 amide bonds. The molecule has 4 heteroatoms. The van der Waals surface area contributed by atoms with E-state index in [0.29, 0.717) is 5.76 Å². The zero-order valence-electron chi connectivity index (χ0n) is 9.29. The molecule has 0 N–H and O–H groups in total. The maximum Gasteiger partial charge on any atom is 0.289 e. The monoisotopic (exact) mass is 229 g/mol. The van der Waals surface area contributed by atoms with Crippen molar-refractivity contribution in [2.24, 2.45) is 0 Å². The van der Waals surface area contributed by atoms with Gasteiger partial charge in [0.05, 0.1) is 0 Å². The van der Waals surface area contributed by atoms with Crippen molar-refractivity contribution in [3.05, 3.63) is 23.1 Å². The fourth-order valence-electron chi connectivity index (χ4n) is 1.41. The fraction of sp³-hybridized carbons (Fsp3) is 0.545. The third-order valence-corrected chi connectivity index (χ3v) is 2.34. The molecule has 3 nitrogen and oxygen atoms in total. The Morgan fingerprint density at radius 2 is 2.20 bits per heavy atom. The molecular weight excluding hydrogens is 214 g/mol. The van der Waals surface area contributed by atoms with Crippen LogP contribution in [-0.2, 0) is 0 Å². The zero-order valence-corrected chi connectivity index (χ0v) is 10.0.